The van der Waals surface area contributed by atoms with Crippen LogP contribution < -0.4 is 0 Å². The number of hydrogen-bond acceptors (Lipinski definition) is 5. The molecule has 1 N–H and O–H groups in total. The maximum Gasteiger partial charge on any atom is 0.410 e. The van der Waals surface area contributed by atoms with Gasteiger partial charge in [-0.25, -0.2) is 9.78 Å². The van der Waals surface area contributed by atoms with Crippen molar-refractivity contribution < 1.29 is 19.0 Å². The number of pyridine rings is 1. The third-order valence-electron chi connectivity index (χ3n) is 4.41. The number of rotatable bonds is 4. The highest BCUT2D eigenvalue weighted by atomic mass is 19.1. The van der Waals surface area contributed by atoms with Crippen molar-refractivity contribution in [3.05, 3.63) is 30.0 Å². The van der Waals surface area contributed by atoms with Gasteiger partial charge in [0.2, 0.25) is 0 Å². The molecular formula is C16H19FN4O3. The van der Waals surface area contributed by atoms with Gasteiger partial charge in [0.25, 0.3) is 5.95 Å². The Morgan fingerprint density at radius 1 is 1.50 bits per heavy atom. The van der Waals surface area contributed by atoms with Gasteiger partial charge >= 0.3 is 6.09 Å². The molecule has 1 fully saturated rings. The van der Waals surface area contributed by atoms with Crippen molar-refractivity contribution in [1.29, 1.82) is 0 Å². The SMILES string of the molecule is CN(C(=O)OCc1c(-c2ccc(O)c(F)n2)cnn1C)C1CCC1. The summed E-state index contributed by atoms with van der Waals surface area (Å²) in [5.41, 5.74) is 1.47. The number of ether oxygens (including phenoxy) is 1. The molecule has 2 aromatic heterocycles. The lowest BCUT2D eigenvalue weighted by Gasteiger charge is -2.33. The predicted octanol–water partition coefficient (Wildman–Crippen LogP) is 2.45. The zero-order valence-electron chi connectivity index (χ0n) is 13.6. The van der Waals surface area contributed by atoms with Crippen molar-refractivity contribution in [2.75, 3.05) is 7.05 Å². The van der Waals surface area contributed by atoms with Gasteiger partial charge in [0, 0.05) is 25.7 Å². The highest BCUT2D eigenvalue weighted by molar-refractivity contribution is 5.68. The Hall–Kier alpha value is -2.64. The topological polar surface area (TPSA) is 80.5 Å². The van der Waals surface area contributed by atoms with Crippen LogP contribution in [0.25, 0.3) is 11.3 Å². The Bertz CT molecular complexity index is 758. The number of aromatic hydroxyl groups is 1. The zero-order chi connectivity index (χ0) is 17.3. The number of nitrogens with zero attached hydrogens (tertiary/aromatic N) is 4. The number of amides is 1. The lowest BCUT2D eigenvalue weighted by atomic mass is 9.92. The monoisotopic (exact) mass is 334 g/mol. The second kappa shape index (κ2) is 6.46. The maximum absolute atomic E-state index is 13.5. The molecule has 1 amide bonds. The summed E-state index contributed by atoms with van der Waals surface area (Å²) in [5.74, 6) is -1.47. The number of carbonyl (C=O) groups is 1. The van der Waals surface area contributed by atoms with Crippen molar-refractivity contribution in [3.8, 4) is 17.0 Å². The molecule has 0 spiro atoms. The smallest absolute Gasteiger partial charge is 0.410 e. The van der Waals surface area contributed by atoms with Crippen LogP contribution in [-0.2, 0) is 18.4 Å². The summed E-state index contributed by atoms with van der Waals surface area (Å²) in [6.45, 7) is 0.00586. The van der Waals surface area contributed by atoms with Gasteiger partial charge in [-0.05, 0) is 31.4 Å². The molecule has 0 bridgehead atoms. The fraction of sp³-hybridized carbons (Fsp3) is 0.438. The summed E-state index contributed by atoms with van der Waals surface area (Å²) in [6, 6.07) is 2.96. The second-order valence-corrected chi connectivity index (χ2v) is 5.89. The largest absolute Gasteiger partial charge is 0.504 e. The second-order valence-electron chi connectivity index (χ2n) is 5.89. The maximum atomic E-state index is 13.5. The van der Waals surface area contributed by atoms with Gasteiger partial charge < -0.3 is 14.7 Å². The molecule has 0 aromatic carbocycles. The van der Waals surface area contributed by atoms with E-state index in [-0.39, 0.29) is 12.6 Å². The molecule has 1 saturated carbocycles. The highest BCUT2D eigenvalue weighted by Crippen LogP contribution is 2.26. The number of aromatic nitrogens is 3. The Kier molecular flexibility index (Phi) is 4.37. The van der Waals surface area contributed by atoms with Crippen LogP contribution in [0.15, 0.2) is 18.3 Å². The van der Waals surface area contributed by atoms with E-state index in [0.717, 1.165) is 19.3 Å². The lowest BCUT2D eigenvalue weighted by molar-refractivity contribution is 0.0734. The summed E-state index contributed by atoms with van der Waals surface area (Å²) >= 11 is 0. The number of aryl methyl sites for hydroxylation is 1. The van der Waals surface area contributed by atoms with Crippen LogP contribution in [0.2, 0.25) is 0 Å². The van der Waals surface area contributed by atoms with Gasteiger partial charge in [-0.3, -0.25) is 4.68 Å². The molecule has 24 heavy (non-hydrogen) atoms. The molecule has 2 aromatic rings. The van der Waals surface area contributed by atoms with Gasteiger partial charge in [0.05, 0.1) is 17.6 Å². The van der Waals surface area contributed by atoms with E-state index in [4.69, 9.17) is 4.74 Å². The minimum atomic E-state index is -0.955. The fourth-order valence-electron chi connectivity index (χ4n) is 2.58. The van der Waals surface area contributed by atoms with Crippen molar-refractivity contribution in [2.45, 2.75) is 31.9 Å². The summed E-state index contributed by atoms with van der Waals surface area (Å²) in [4.78, 5) is 17.4. The molecule has 2 heterocycles. The standard InChI is InChI=1S/C16H19FN4O3/c1-20(10-4-3-5-10)16(23)24-9-13-11(8-18-21(13)2)12-6-7-14(22)15(17)19-12/h6-8,10,22H,3-5,9H2,1-2H3. The average Bonchev–Trinajstić information content (AvgIpc) is 2.87. The zero-order valence-corrected chi connectivity index (χ0v) is 13.6. The van der Waals surface area contributed by atoms with Gasteiger partial charge in [0.15, 0.2) is 5.75 Å². The average molecular weight is 334 g/mol. The molecule has 1 aliphatic carbocycles. The highest BCUT2D eigenvalue weighted by Gasteiger charge is 2.27. The molecule has 0 aliphatic heterocycles. The van der Waals surface area contributed by atoms with E-state index < -0.39 is 17.8 Å². The van der Waals surface area contributed by atoms with Crippen molar-refractivity contribution >= 4 is 6.09 Å². The third-order valence-corrected chi connectivity index (χ3v) is 4.41. The first-order chi connectivity index (χ1) is 11.5. The lowest BCUT2D eigenvalue weighted by Crippen LogP contribution is -2.41. The molecule has 0 atom stereocenters. The normalized spacial score (nSPS) is 14.3. The van der Waals surface area contributed by atoms with Gasteiger partial charge in [-0.15, -0.1) is 0 Å². The summed E-state index contributed by atoms with van der Waals surface area (Å²) in [6.07, 6.45) is 4.26. The van der Waals surface area contributed by atoms with Crippen molar-refractivity contribution in [2.24, 2.45) is 7.05 Å². The summed E-state index contributed by atoms with van der Waals surface area (Å²) in [5, 5.41) is 13.4. The van der Waals surface area contributed by atoms with E-state index in [1.54, 1.807) is 23.7 Å². The molecule has 0 radical (unpaired) electrons. The van der Waals surface area contributed by atoms with E-state index >= 15 is 0 Å². The first-order valence-corrected chi connectivity index (χ1v) is 7.73. The van der Waals surface area contributed by atoms with Crippen LogP contribution in [0.3, 0.4) is 0 Å². The van der Waals surface area contributed by atoms with Crippen LogP contribution in [0.5, 0.6) is 5.75 Å². The van der Waals surface area contributed by atoms with Gasteiger partial charge in [-0.2, -0.15) is 9.49 Å². The molecule has 3 rings (SSSR count). The van der Waals surface area contributed by atoms with E-state index in [2.05, 4.69) is 10.1 Å². The quantitative estimate of drug-likeness (QED) is 0.869. The van der Waals surface area contributed by atoms with Crippen LogP contribution in [0.1, 0.15) is 25.0 Å². The van der Waals surface area contributed by atoms with Crippen LogP contribution in [-0.4, -0.2) is 44.0 Å². The Morgan fingerprint density at radius 2 is 2.25 bits per heavy atom. The fourth-order valence-corrected chi connectivity index (χ4v) is 2.58. The molecule has 7 nitrogen and oxygen atoms in total. The van der Waals surface area contributed by atoms with Gasteiger partial charge in [-0.1, -0.05) is 0 Å². The van der Waals surface area contributed by atoms with Crippen molar-refractivity contribution in [1.82, 2.24) is 19.7 Å². The minimum Gasteiger partial charge on any atom is -0.504 e. The van der Waals surface area contributed by atoms with Crippen LogP contribution in [0.4, 0.5) is 9.18 Å². The van der Waals surface area contributed by atoms with Crippen LogP contribution >= 0.6 is 0 Å². The van der Waals surface area contributed by atoms with E-state index in [1.807, 2.05) is 0 Å². The molecule has 0 saturated heterocycles. The Morgan fingerprint density at radius 3 is 2.88 bits per heavy atom. The van der Waals surface area contributed by atoms with Gasteiger partial charge in [0.1, 0.15) is 6.61 Å². The molecule has 128 valence electrons. The third kappa shape index (κ3) is 3.04. The van der Waals surface area contributed by atoms with Crippen LogP contribution in [0, 0.1) is 5.95 Å². The molecule has 8 heteroatoms. The van der Waals surface area contributed by atoms with E-state index in [0.29, 0.717) is 17.0 Å². The predicted molar refractivity (Wildman–Crippen MR) is 83.6 cm³/mol. The number of halogens is 1. The van der Waals surface area contributed by atoms with Crippen molar-refractivity contribution in [3.63, 3.8) is 0 Å². The first kappa shape index (κ1) is 16.2. The molecule has 0 unspecified atom stereocenters. The summed E-state index contributed by atoms with van der Waals surface area (Å²) in [7, 11) is 3.44. The number of carbonyl (C=O) groups excluding carboxylic acids is 1. The molecular weight excluding hydrogens is 315 g/mol. The number of hydrogen-bond donors (Lipinski definition) is 1. The first-order valence-electron chi connectivity index (χ1n) is 7.73. The van der Waals surface area contributed by atoms with E-state index in [9.17, 15) is 14.3 Å². The Balaban J connectivity index is 1.75. The minimum absolute atomic E-state index is 0.00586. The van der Waals surface area contributed by atoms with E-state index in [1.165, 1.54) is 18.3 Å². The molecule has 1 aliphatic rings. The Labute approximate surface area is 138 Å². The summed E-state index contributed by atoms with van der Waals surface area (Å²) < 4.78 is 20.4.